The van der Waals surface area contributed by atoms with Crippen LogP contribution in [0.25, 0.3) is 0 Å². The zero-order chi connectivity index (χ0) is 11.4. The maximum absolute atomic E-state index is 12.0. The Bertz CT molecular complexity index is 221. The van der Waals surface area contributed by atoms with E-state index in [2.05, 4.69) is 19.2 Å². The Balaban J connectivity index is 0.00000225. The molecular weight excluding hydrogens is 224 g/mol. The van der Waals surface area contributed by atoms with Gasteiger partial charge in [0.2, 0.25) is 5.91 Å². The number of likely N-dealkylation sites (tertiary alicyclic amines) is 1. The van der Waals surface area contributed by atoms with Crippen molar-refractivity contribution in [2.24, 2.45) is 17.8 Å². The normalized spacial score (nSPS) is 22.1. The van der Waals surface area contributed by atoms with Crippen LogP contribution in [0.3, 0.4) is 0 Å². The second-order valence-electron chi connectivity index (χ2n) is 5.03. The monoisotopic (exact) mass is 248 g/mol. The lowest BCUT2D eigenvalue weighted by Gasteiger charge is -2.23. The van der Waals surface area contributed by atoms with Crippen LogP contribution in [0.2, 0.25) is 0 Å². The molecule has 4 heteroatoms. The third-order valence-electron chi connectivity index (χ3n) is 3.48. The van der Waals surface area contributed by atoms with Gasteiger partial charge in [0, 0.05) is 19.0 Å². The molecule has 1 saturated heterocycles. The van der Waals surface area contributed by atoms with Gasteiger partial charge in [-0.05, 0) is 31.8 Å². The Hall–Kier alpha value is -0.280. The predicted molar refractivity (Wildman–Crippen MR) is 69.9 cm³/mol. The first-order valence-electron chi connectivity index (χ1n) is 5.99. The quantitative estimate of drug-likeness (QED) is 0.823. The van der Waals surface area contributed by atoms with E-state index in [0.29, 0.717) is 17.7 Å². The van der Waals surface area contributed by atoms with Gasteiger partial charge in [-0.15, -0.1) is 12.4 Å². The number of nitrogens with one attached hydrogen (secondary N) is 1. The van der Waals surface area contributed by atoms with Crippen molar-refractivity contribution in [2.45, 2.75) is 27.2 Å². The van der Waals surface area contributed by atoms with Crippen LogP contribution in [0, 0.1) is 17.8 Å². The lowest BCUT2D eigenvalue weighted by molar-refractivity contribution is -0.135. The van der Waals surface area contributed by atoms with E-state index >= 15 is 0 Å². The average Bonchev–Trinajstić information content (AvgIpc) is 2.64. The van der Waals surface area contributed by atoms with Crippen LogP contribution in [-0.2, 0) is 4.79 Å². The fraction of sp³-hybridized carbons (Fsp3) is 0.917. The number of amides is 1. The first kappa shape index (κ1) is 15.7. The molecule has 96 valence electrons. The maximum Gasteiger partial charge on any atom is 0.225 e. The molecule has 1 heterocycles. The lowest BCUT2D eigenvalue weighted by atomic mass is 9.97. The average molecular weight is 249 g/mol. The van der Waals surface area contributed by atoms with Crippen molar-refractivity contribution in [3.05, 3.63) is 0 Å². The van der Waals surface area contributed by atoms with Gasteiger partial charge in [0.15, 0.2) is 0 Å². The number of carbonyl (C=O) groups excluding carboxylic acids is 1. The summed E-state index contributed by atoms with van der Waals surface area (Å²) in [7, 11) is 1.97. The molecule has 0 aliphatic carbocycles. The van der Waals surface area contributed by atoms with Crippen LogP contribution in [-0.4, -0.2) is 37.5 Å². The molecule has 1 amide bonds. The molecule has 2 atom stereocenters. The van der Waals surface area contributed by atoms with Crippen molar-refractivity contribution in [1.29, 1.82) is 0 Å². The van der Waals surface area contributed by atoms with Crippen molar-refractivity contribution >= 4 is 18.3 Å². The van der Waals surface area contributed by atoms with Crippen LogP contribution in [0.15, 0.2) is 0 Å². The summed E-state index contributed by atoms with van der Waals surface area (Å²) in [6.07, 6.45) is 1.15. The highest BCUT2D eigenvalue weighted by atomic mass is 35.5. The van der Waals surface area contributed by atoms with Crippen LogP contribution < -0.4 is 5.32 Å². The highest BCUT2D eigenvalue weighted by molar-refractivity contribution is 5.85. The van der Waals surface area contributed by atoms with E-state index in [1.54, 1.807) is 0 Å². The number of nitrogens with zero attached hydrogens (tertiary/aromatic N) is 1. The molecule has 0 spiro atoms. The summed E-state index contributed by atoms with van der Waals surface area (Å²) < 4.78 is 0. The molecule has 0 aromatic carbocycles. The SMILES string of the molecule is CNCC1CCN(C(=O)C(C)C(C)C)C1.Cl. The van der Waals surface area contributed by atoms with Crippen LogP contribution in [0.1, 0.15) is 27.2 Å². The summed E-state index contributed by atoms with van der Waals surface area (Å²) in [5, 5.41) is 3.18. The van der Waals surface area contributed by atoms with Gasteiger partial charge in [-0.25, -0.2) is 0 Å². The van der Waals surface area contributed by atoms with E-state index in [9.17, 15) is 4.79 Å². The molecule has 1 fully saturated rings. The molecule has 1 N–H and O–H groups in total. The molecular formula is C12H25ClN2O. The number of carbonyl (C=O) groups is 1. The zero-order valence-corrected chi connectivity index (χ0v) is 11.6. The molecule has 16 heavy (non-hydrogen) atoms. The molecule has 1 rings (SSSR count). The lowest BCUT2D eigenvalue weighted by Crippen LogP contribution is -2.36. The van der Waals surface area contributed by atoms with Gasteiger partial charge < -0.3 is 10.2 Å². The van der Waals surface area contributed by atoms with Crippen molar-refractivity contribution < 1.29 is 4.79 Å². The fourth-order valence-corrected chi connectivity index (χ4v) is 2.06. The highest BCUT2D eigenvalue weighted by Crippen LogP contribution is 2.20. The minimum absolute atomic E-state index is 0. The van der Waals surface area contributed by atoms with Gasteiger partial charge >= 0.3 is 0 Å². The molecule has 0 bridgehead atoms. The first-order valence-corrected chi connectivity index (χ1v) is 5.99. The summed E-state index contributed by atoms with van der Waals surface area (Å²) in [6, 6.07) is 0. The largest absolute Gasteiger partial charge is 0.342 e. The van der Waals surface area contributed by atoms with E-state index in [4.69, 9.17) is 0 Å². The van der Waals surface area contributed by atoms with Crippen molar-refractivity contribution in [1.82, 2.24) is 10.2 Å². The zero-order valence-electron chi connectivity index (χ0n) is 10.8. The Kier molecular flexibility index (Phi) is 7.00. The molecule has 3 nitrogen and oxygen atoms in total. The number of hydrogen-bond acceptors (Lipinski definition) is 2. The second kappa shape index (κ2) is 7.13. The van der Waals surface area contributed by atoms with Crippen LogP contribution in [0.5, 0.6) is 0 Å². The van der Waals surface area contributed by atoms with Gasteiger partial charge in [0.25, 0.3) is 0 Å². The summed E-state index contributed by atoms with van der Waals surface area (Å²) in [5.41, 5.74) is 0. The molecule has 0 radical (unpaired) electrons. The Labute approximate surface area is 105 Å². The van der Waals surface area contributed by atoms with Gasteiger partial charge in [-0.1, -0.05) is 20.8 Å². The standard InChI is InChI=1S/C12H24N2O.ClH/c1-9(2)10(3)12(15)14-6-5-11(8-14)7-13-4;/h9-11,13H,5-8H2,1-4H3;1H. The van der Waals surface area contributed by atoms with E-state index in [-0.39, 0.29) is 18.3 Å². The topological polar surface area (TPSA) is 32.3 Å². The fourth-order valence-electron chi connectivity index (χ4n) is 2.06. The smallest absolute Gasteiger partial charge is 0.225 e. The molecule has 1 aliphatic rings. The summed E-state index contributed by atoms with van der Waals surface area (Å²) in [6.45, 7) is 9.19. The summed E-state index contributed by atoms with van der Waals surface area (Å²) in [5.74, 6) is 1.60. The number of halogens is 1. The van der Waals surface area contributed by atoms with Gasteiger partial charge in [0.05, 0.1) is 0 Å². The molecule has 0 aromatic rings. The van der Waals surface area contributed by atoms with Crippen LogP contribution >= 0.6 is 12.4 Å². The third-order valence-corrected chi connectivity index (χ3v) is 3.48. The third kappa shape index (κ3) is 3.95. The maximum atomic E-state index is 12.0. The van der Waals surface area contributed by atoms with Crippen molar-refractivity contribution in [3.63, 3.8) is 0 Å². The molecule has 1 aliphatic heterocycles. The molecule has 0 saturated carbocycles. The van der Waals surface area contributed by atoms with Gasteiger partial charge in [0.1, 0.15) is 0 Å². The van der Waals surface area contributed by atoms with E-state index in [1.165, 1.54) is 0 Å². The van der Waals surface area contributed by atoms with Gasteiger partial charge in [-0.3, -0.25) is 4.79 Å². The highest BCUT2D eigenvalue weighted by Gasteiger charge is 2.29. The Morgan fingerprint density at radius 1 is 1.44 bits per heavy atom. The van der Waals surface area contributed by atoms with Crippen molar-refractivity contribution in [3.8, 4) is 0 Å². The number of hydrogen-bond donors (Lipinski definition) is 1. The first-order chi connectivity index (χ1) is 7.06. The van der Waals surface area contributed by atoms with Crippen molar-refractivity contribution in [2.75, 3.05) is 26.7 Å². The summed E-state index contributed by atoms with van der Waals surface area (Å²) in [4.78, 5) is 14.1. The summed E-state index contributed by atoms with van der Waals surface area (Å²) >= 11 is 0. The second-order valence-corrected chi connectivity index (χ2v) is 5.03. The van der Waals surface area contributed by atoms with E-state index in [1.807, 2.05) is 18.9 Å². The Morgan fingerprint density at radius 2 is 2.06 bits per heavy atom. The molecule has 0 aromatic heterocycles. The minimum atomic E-state index is 0. The van der Waals surface area contributed by atoms with Crippen LogP contribution in [0.4, 0.5) is 0 Å². The Morgan fingerprint density at radius 3 is 2.56 bits per heavy atom. The van der Waals surface area contributed by atoms with Gasteiger partial charge in [-0.2, -0.15) is 0 Å². The van der Waals surface area contributed by atoms with E-state index in [0.717, 1.165) is 26.1 Å². The molecule has 2 unspecified atom stereocenters. The number of rotatable bonds is 4. The predicted octanol–water partition coefficient (Wildman–Crippen LogP) is 1.77. The minimum Gasteiger partial charge on any atom is -0.342 e. The van der Waals surface area contributed by atoms with E-state index < -0.39 is 0 Å².